The highest BCUT2D eigenvalue weighted by Gasteiger charge is 2.22. The Morgan fingerprint density at radius 2 is 1.85 bits per heavy atom. The molecule has 0 spiro atoms. The summed E-state index contributed by atoms with van der Waals surface area (Å²) in [6, 6.07) is 7.24. The molecule has 0 radical (unpaired) electrons. The van der Waals surface area contributed by atoms with Crippen LogP contribution in [0, 0.1) is 6.92 Å². The number of hydrogen-bond acceptors (Lipinski definition) is 4. The molecule has 1 aromatic carbocycles. The van der Waals surface area contributed by atoms with E-state index in [0.29, 0.717) is 5.56 Å². The Labute approximate surface area is 117 Å². The summed E-state index contributed by atoms with van der Waals surface area (Å²) in [4.78, 5) is 3.96. The van der Waals surface area contributed by atoms with Gasteiger partial charge < -0.3 is 15.5 Å². The van der Waals surface area contributed by atoms with E-state index >= 15 is 0 Å². The van der Waals surface area contributed by atoms with Crippen LogP contribution >= 0.6 is 0 Å². The van der Waals surface area contributed by atoms with Gasteiger partial charge >= 0.3 is 0 Å². The molecule has 0 bridgehead atoms. The second kappa shape index (κ2) is 4.89. The topological polar surface area (TPSA) is 65.4 Å². The summed E-state index contributed by atoms with van der Waals surface area (Å²) < 4.78 is 0. The number of nitrogens with zero attached hydrogens (tertiary/aromatic N) is 1. The monoisotopic (exact) mass is 268 g/mol. The minimum Gasteiger partial charge on any atom is -0.507 e. The van der Waals surface area contributed by atoms with Crippen LogP contribution in [0.15, 0.2) is 42.2 Å². The van der Waals surface area contributed by atoms with Crippen LogP contribution in [0.5, 0.6) is 5.75 Å². The number of aromatic nitrogens is 1. The van der Waals surface area contributed by atoms with Crippen LogP contribution in [0.4, 0.5) is 11.4 Å². The van der Waals surface area contributed by atoms with Crippen LogP contribution in [0.3, 0.4) is 0 Å². The molecule has 3 N–H and O–H groups in total. The number of aryl methyl sites for hydroxylation is 1. The standard InChI is InChI=1S/C16H16N2O2/c1-10-8-13(18-12-4-6-17-7-5-12)9-14(19)15(10)16(20)11-2-3-11/h4-9,19-20H,2-3H2,1H3,(H,17,18). The van der Waals surface area contributed by atoms with Crippen LogP contribution in [0.2, 0.25) is 0 Å². The van der Waals surface area contributed by atoms with Crippen LogP contribution in [-0.4, -0.2) is 15.2 Å². The summed E-state index contributed by atoms with van der Waals surface area (Å²) in [7, 11) is 0. The fourth-order valence-electron chi connectivity index (χ4n) is 2.23. The van der Waals surface area contributed by atoms with Gasteiger partial charge in [0, 0.05) is 29.8 Å². The molecule has 102 valence electrons. The quantitative estimate of drug-likeness (QED) is 0.739. The number of aliphatic hydroxyl groups excluding tert-OH is 1. The Morgan fingerprint density at radius 1 is 1.15 bits per heavy atom. The summed E-state index contributed by atoms with van der Waals surface area (Å²) in [6.45, 7) is 1.88. The molecule has 2 aromatic rings. The smallest absolute Gasteiger partial charge is 0.128 e. The van der Waals surface area contributed by atoms with E-state index in [-0.39, 0.29) is 11.5 Å². The number of benzene rings is 1. The number of aromatic hydroxyl groups is 1. The maximum Gasteiger partial charge on any atom is 0.128 e. The molecule has 0 amide bonds. The summed E-state index contributed by atoms with van der Waals surface area (Å²) >= 11 is 0. The first-order valence-corrected chi connectivity index (χ1v) is 6.57. The molecule has 1 aliphatic rings. The maximum absolute atomic E-state index is 10.2. The first kappa shape index (κ1) is 12.5. The van der Waals surface area contributed by atoms with E-state index in [1.807, 2.05) is 25.1 Å². The third-order valence-electron chi connectivity index (χ3n) is 3.36. The van der Waals surface area contributed by atoms with Crippen molar-refractivity contribution in [1.82, 2.24) is 4.98 Å². The van der Waals surface area contributed by atoms with Gasteiger partial charge in [0.05, 0.1) is 5.56 Å². The van der Waals surface area contributed by atoms with Crippen molar-refractivity contribution in [2.75, 3.05) is 5.32 Å². The summed E-state index contributed by atoms with van der Waals surface area (Å²) in [6.07, 6.45) is 5.24. The highest BCUT2D eigenvalue weighted by Crippen LogP contribution is 2.40. The Kier molecular flexibility index (Phi) is 3.06. The lowest BCUT2D eigenvalue weighted by Crippen LogP contribution is -1.95. The van der Waals surface area contributed by atoms with Crippen molar-refractivity contribution in [2.45, 2.75) is 19.8 Å². The molecule has 20 heavy (non-hydrogen) atoms. The van der Waals surface area contributed by atoms with Crippen molar-refractivity contribution < 1.29 is 10.2 Å². The summed E-state index contributed by atoms with van der Waals surface area (Å²) in [5, 5.41) is 23.4. The fourth-order valence-corrected chi connectivity index (χ4v) is 2.23. The number of allylic oxidation sites excluding steroid dienone is 1. The molecule has 1 fully saturated rings. The largest absolute Gasteiger partial charge is 0.507 e. The van der Waals surface area contributed by atoms with Crippen LogP contribution in [0.1, 0.15) is 24.0 Å². The van der Waals surface area contributed by atoms with E-state index in [0.717, 1.165) is 35.4 Å². The van der Waals surface area contributed by atoms with Crippen LogP contribution in [0.25, 0.3) is 5.76 Å². The minimum absolute atomic E-state index is 0.0958. The molecule has 1 aromatic heterocycles. The van der Waals surface area contributed by atoms with Gasteiger partial charge in [0.2, 0.25) is 0 Å². The number of aliphatic hydroxyl groups is 1. The van der Waals surface area contributed by atoms with Crippen LogP contribution < -0.4 is 5.32 Å². The van der Waals surface area contributed by atoms with Gasteiger partial charge in [-0.25, -0.2) is 0 Å². The lowest BCUT2D eigenvalue weighted by Gasteiger charge is -2.12. The van der Waals surface area contributed by atoms with E-state index in [1.165, 1.54) is 0 Å². The first-order chi connectivity index (χ1) is 9.65. The van der Waals surface area contributed by atoms with Crippen molar-refractivity contribution in [1.29, 1.82) is 0 Å². The van der Waals surface area contributed by atoms with E-state index in [1.54, 1.807) is 18.5 Å². The molecule has 0 saturated heterocycles. The number of nitrogens with one attached hydrogen (secondary N) is 1. The molecule has 1 aliphatic carbocycles. The van der Waals surface area contributed by atoms with Gasteiger partial charge in [-0.1, -0.05) is 0 Å². The Bertz CT molecular complexity index is 649. The zero-order valence-corrected chi connectivity index (χ0v) is 11.2. The second-order valence-corrected chi connectivity index (χ2v) is 5.00. The second-order valence-electron chi connectivity index (χ2n) is 5.00. The maximum atomic E-state index is 10.2. The zero-order valence-electron chi connectivity index (χ0n) is 11.2. The Hall–Kier alpha value is -2.49. The van der Waals surface area contributed by atoms with Gasteiger partial charge in [0.25, 0.3) is 0 Å². The molecule has 0 atom stereocenters. The molecule has 0 aliphatic heterocycles. The average molecular weight is 268 g/mol. The molecule has 3 rings (SSSR count). The van der Waals surface area contributed by atoms with Crippen molar-refractivity contribution in [2.24, 2.45) is 0 Å². The molecular weight excluding hydrogens is 252 g/mol. The predicted molar refractivity (Wildman–Crippen MR) is 79.1 cm³/mol. The lowest BCUT2D eigenvalue weighted by atomic mass is 10.0. The Balaban J connectivity index is 1.94. The summed E-state index contributed by atoms with van der Waals surface area (Å²) in [5.41, 5.74) is 4.08. The van der Waals surface area contributed by atoms with Crippen molar-refractivity contribution >= 4 is 17.1 Å². The summed E-state index contributed by atoms with van der Waals surface area (Å²) in [5.74, 6) is 0.328. The zero-order chi connectivity index (χ0) is 14.1. The highest BCUT2D eigenvalue weighted by atomic mass is 16.3. The number of rotatable bonds is 3. The number of phenolic OH excluding ortho intramolecular Hbond substituents is 1. The molecule has 1 saturated carbocycles. The lowest BCUT2D eigenvalue weighted by molar-refractivity contribution is 0.459. The number of pyridine rings is 1. The molecular formula is C16H16N2O2. The van der Waals surface area contributed by atoms with E-state index in [4.69, 9.17) is 0 Å². The van der Waals surface area contributed by atoms with Gasteiger partial charge in [-0.2, -0.15) is 0 Å². The third-order valence-corrected chi connectivity index (χ3v) is 3.36. The predicted octanol–water partition coefficient (Wildman–Crippen LogP) is 3.90. The molecule has 1 heterocycles. The highest BCUT2D eigenvalue weighted by molar-refractivity contribution is 5.75. The number of anilines is 2. The average Bonchev–Trinajstić information content (AvgIpc) is 3.23. The molecule has 4 heteroatoms. The van der Waals surface area contributed by atoms with E-state index < -0.39 is 0 Å². The SMILES string of the molecule is Cc1cc(Nc2ccncc2)cc(O)c1C(O)=C1CC1. The Morgan fingerprint density at radius 3 is 2.45 bits per heavy atom. The molecule has 0 unspecified atom stereocenters. The van der Waals surface area contributed by atoms with Gasteiger partial charge in [0.1, 0.15) is 11.5 Å². The number of hydrogen-bond donors (Lipinski definition) is 3. The van der Waals surface area contributed by atoms with Crippen molar-refractivity contribution in [3.8, 4) is 5.75 Å². The minimum atomic E-state index is 0.0958. The fraction of sp³-hybridized carbons (Fsp3) is 0.188. The van der Waals surface area contributed by atoms with Gasteiger partial charge in [0.15, 0.2) is 0 Å². The van der Waals surface area contributed by atoms with Crippen LogP contribution in [-0.2, 0) is 0 Å². The van der Waals surface area contributed by atoms with Crippen molar-refractivity contribution in [3.63, 3.8) is 0 Å². The van der Waals surface area contributed by atoms with Gasteiger partial charge in [-0.3, -0.25) is 4.98 Å². The van der Waals surface area contributed by atoms with Gasteiger partial charge in [-0.15, -0.1) is 0 Å². The van der Waals surface area contributed by atoms with Gasteiger partial charge in [-0.05, 0) is 49.1 Å². The van der Waals surface area contributed by atoms with E-state index in [9.17, 15) is 10.2 Å². The molecule has 4 nitrogen and oxygen atoms in total. The van der Waals surface area contributed by atoms with E-state index in [2.05, 4.69) is 10.3 Å². The normalized spacial score (nSPS) is 13.2. The van der Waals surface area contributed by atoms with Crippen molar-refractivity contribution in [3.05, 3.63) is 53.4 Å². The number of phenols is 1. The third kappa shape index (κ3) is 2.45. The first-order valence-electron chi connectivity index (χ1n) is 6.57.